The lowest BCUT2D eigenvalue weighted by atomic mass is 10.1. The van der Waals surface area contributed by atoms with Crippen molar-refractivity contribution in [3.63, 3.8) is 0 Å². The van der Waals surface area contributed by atoms with E-state index >= 15 is 0 Å². The predicted octanol–water partition coefficient (Wildman–Crippen LogP) is -0.107. The third-order valence-electron chi connectivity index (χ3n) is 3.30. The molecule has 2 heterocycles. The first-order valence-electron chi connectivity index (χ1n) is 5.80. The molecular formula is C11H11N5O3. The fraction of sp³-hybridized carbons (Fsp3) is 0.364. The highest BCUT2D eigenvalue weighted by Gasteiger charge is 2.51. The molecule has 19 heavy (non-hydrogen) atoms. The van der Waals surface area contributed by atoms with Gasteiger partial charge in [0.1, 0.15) is 0 Å². The van der Waals surface area contributed by atoms with Crippen LogP contribution in [-0.4, -0.2) is 36.3 Å². The Bertz CT molecular complexity index is 685. The summed E-state index contributed by atoms with van der Waals surface area (Å²) in [5.74, 6) is -0.472. The maximum Gasteiger partial charge on any atom is 0.311 e. The van der Waals surface area contributed by atoms with Gasteiger partial charge in [-0.05, 0) is 29.3 Å². The summed E-state index contributed by atoms with van der Waals surface area (Å²) in [6, 6.07) is 4.65. The van der Waals surface area contributed by atoms with Gasteiger partial charge in [-0.1, -0.05) is 6.07 Å². The van der Waals surface area contributed by atoms with Crippen LogP contribution in [0.1, 0.15) is 12.8 Å². The molecule has 8 nitrogen and oxygen atoms in total. The summed E-state index contributed by atoms with van der Waals surface area (Å²) in [6.45, 7) is 0.210. The molecule has 1 aliphatic rings. The maximum absolute atomic E-state index is 11.3. The van der Waals surface area contributed by atoms with Crippen LogP contribution < -0.4 is 5.56 Å². The molecule has 0 aromatic carbocycles. The summed E-state index contributed by atoms with van der Waals surface area (Å²) < 4.78 is 1.42. The number of aliphatic carboxylic acids is 1. The molecule has 0 unspecified atom stereocenters. The van der Waals surface area contributed by atoms with E-state index in [-0.39, 0.29) is 12.1 Å². The van der Waals surface area contributed by atoms with Gasteiger partial charge in [0, 0.05) is 6.07 Å². The highest BCUT2D eigenvalue weighted by atomic mass is 16.4. The lowest BCUT2D eigenvalue weighted by Gasteiger charge is -2.10. The first-order chi connectivity index (χ1) is 9.11. The minimum Gasteiger partial charge on any atom is -0.481 e. The van der Waals surface area contributed by atoms with Gasteiger partial charge in [0.05, 0.1) is 17.7 Å². The predicted molar refractivity (Wildman–Crippen MR) is 63.2 cm³/mol. The van der Waals surface area contributed by atoms with Gasteiger partial charge in [-0.2, -0.15) is 0 Å². The molecule has 0 spiro atoms. The van der Waals surface area contributed by atoms with Crippen molar-refractivity contribution in [3.05, 3.63) is 28.6 Å². The van der Waals surface area contributed by atoms with E-state index in [0.29, 0.717) is 24.4 Å². The van der Waals surface area contributed by atoms with Crippen LogP contribution in [0.5, 0.6) is 0 Å². The minimum absolute atomic E-state index is 0.210. The molecule has 3 rings (SSSR count). The SMILES string of the molecule is O=C(O)C1(Cn2nnnc2-c2cccc(=O)[nH]2)CC1. The Hall–Kier alpha value is -2.51. The molecule has 2 aromatic heterocycles. The van der Waals surface area contributed by atoms with Gasteiger partial charge < -0.3 is 10.1 Å². The van der Waals surface area contributed by atoms with Crippen LogP contribution in [0.2, 0.25) is 0 Å². The zero-order valence-corrected chi connectivity index (χ0v) is 9.91. The second kappa shape index (κ2) is 4.01. The van der Waals surface area contributed by atoms with Crippen LogP contribution >= 0.6 is 0 Å². The van der Waals surface area contributed by atoms with E-state index in [1.807, 2.05) is 0 Å². The van der Waals surface area contributed by atoms with Crippen LogP contribution in [0.25, 0.3) is 11.5 Å². The van der Waals surface area contributed by atoms with Crippen LogP contribution in [-0.2, 0) is 11.3 Å². The first kappa shape index (κ1) is 11.6. The summed E-state index contributed by atoms with van der Waals surface area (Å²) in [5.41, 5.74) is -0.552. The summed E-state index contributed by atoms with van der Waals surface area (Å²) in [6.07, 6.45) is 1.24. The molecule has 2 aromatic rings. The average molecular weight is 261 g/mol. The topological polar surface area (TPSA) is 114 Å². The van der Waals surface area contributed by atoms with Crippen molar-refractivity contribution in [2.75, 3.05) is 0 Å². The Labute approximate surface area is 107 Å². The fourth-order valence-corrected chi connectivity index (χ4v) is 1.96. The number of carboxylic acids is 1. The Morgan fingerprint density at radius 2 is 2.26 bits per heavy atom. The number of hydrogen-bond donors (Lipinski definition) is 2. The van der Waals surface area contributed by atoms with Crippen molar-refractivity contribution in [1.82, 2.24) is 25.2 Å². The number of H-pyrrole nitrogens is 1. The number of pyridine rings is 1. The van der Waals surface area contributed by atoms with Crippen LogP contribution in [0, 0.1) is 5.41 Å². The molecule has 1 fully saturated rings. The molecule has 0 amide bonds. The fourth-order valence-electron chi connectivity index (χ4n) is 1.96. The van der Waals surface area contributed by atoms with Crippen molar-refractivity contribution < 1.29 is 9.90 Å². The number of aromatic nitrogens is 5. The average Bonchev–Trinajstić information content (AvgIpc) is 3.01. The van der Waals surface area contributed by atoms with Crippen molar-refractivity contribution >= 4 is 5.97 Å². The number of carboxylic acid groups (broad SMARTS) is 1. The number of rotatable bonds is 4. The summed E-state index contributed by atoms with van der Waals surface area (Å²) in [4.78, 5) is 25.1. The van der Waals surface area contributed by atoms with Gasteiger partial charge in [-0.3, -0.25) is 9.59 Å². The maximum atomic E-state index is 11.3. The number of aromatic amines is 1. The third-order valence-corrected chi connectivity index (χ3v) is 3.30. The summed E-state index contributed by atoms with van der Waals surface area (Å²) in [5, 5.41) is 20.4. The van der Waals surface area contributed by atoms with Crippen LogP contribution in [0.4, 0.5) is 0 Å². The van der Waals surface area contributed by atoms with Gasteiger partial charge in [-0.15, -0.1) is 5.10 Å². The van der Waals surface area contributed by atoms with Gasteiger partial charge >= 0.3 is 5.97 Å². The molecule has 0 atom stereocenters. The molecule has 0 aliphatic heterocycles. The summed E-state index contributed by atoms with van der Waals surface area (Å²) in [7, 11) is 0. The number of carbonyl (C=O) groups is 1. The molecule has 0 bridgehead atoms. The van der Waals surface area contributed by atoms with Crippen LogP contribution in [0.15, 0.2) is 23.0 Å². The molecular weight excluding hydrogens is 250 g/mol. The Balaban J connectivity index is 1.95. The number of tetrazole rings is 1. The Morgan fingerprint density at radius 3 is 2.89 bits per heavy atom. The van der Waals surface area contributed by atoms with Gasteiger partial charge in [0.15, 0.2) is 5.82 Å². The number of hydrogen-bond acceptors (Lipinski definition) is 5. The van der Waals surface area contributed by atoms with E-state index < -0.39 is 11.4 Å². The van der Waals surface area contributed by atoms with Gasteiger partial charge in [-0.25, -0.2) is 4.68 Å². The van der Waals surface area contributed by atoms with Crippen molar-refractivity contribution in [2.45, 2.75) is 19.4 Å². The molecule has 2 N–H and O–H groups in total. The molecule has 1 saturated carbocycles. The smallest absolute Gasteiger partial charge is 0.311 e. The standard InChI is InChI=1S/C11H11N5O3/c17-8-3-1-2-7(12-8)9-13-14-15-16(9)6-11(4-5-11)10(18)19/h1-3H,4-6H2,(H,12,17)(H,18,19). The van der Waals surface area contributed by atoms with E-state index in [2.05, 4.69) is 20.5 Å². The normalized spacial score (nSPS) is 16.2. The molecule has 0 radical (unpaired) electrons. The van der Waals surface area contributed by atoms with E-state index in [1.54, 1.807) is 12.1 Å². The molecule has 98 valence electrons. The minimum atomic E-state index is -0.837. The van der Waals surface area contributed by atoms with Crippen LogP contribution in [0.3, 0.4) is 0 Å². The zero-order chi connectivity index (χ0) is 13.5. The molecule has 1 aliphatic carbocycles. The van der Waals surface area contributed by atoms with E-state index in [1.165, 1.54) is 10.7 Å². The monoisotopic (exact) mass is 261 g/mol. The van der Waals surface area contributed by atoms with Crippen molar-refractivity contribution in [3.8, 4) is 11.5 Å². The molecule has 8 heteroatoms. The highest BCUT2D eigenvalue weighted by molar-refractivity contribution is 5.77. The lowest BCUT2D eigenvalue weighted by Crippen LogP contribution is -2.23. The first-order valence-corrected chi connectivity index (χ1v) is 5.80. The third kappa shape index (κ3) is 2.01. The second-order valence-corrected chi connectivity index (χ2v) is 4.67. The van der Waals surface area contributed by atoms with Crippen molar-refractivity contribution in [2.24, 2.45) is 5.41 Å². The Kier molecular flexibility index (Phi) is 2.44. The number of nitrogens with zero attached hydrogens (tertiary/aromatic N) is 4. The Morgan fingerprint density at radius 1 is 1.47 bits per heavy atom. The van der Waals surface area contributed by atoms with Crippen molar-refractivity contribution in [1.29, 1.82) is 0 Å². The molecule has 0 saturated heterocycles. The van der Waals surface area contributed by atoms with E-state index in [0.717, 1.165) is 0 Å². The van der Waals surface area contributed by atoms with Gasteiger partial charge in [0.25, 0.3) is 0 Å². The zero-order valence-electron chi connectivity index (χ0n) is 9.91. The number of nitrogens with one attached hydrogen (secondary N) is 1. The quantitative estimate of drug-likeness (QED) is 0.794. The highest BCUT2D eigenvalue weighted by Crippen LogP contribution is 2.47. The lowest BCUT2D eigenvalue weighted by molar-refractivity contribution is -0.144. The van der Waals surface area contributed by atoms with E-state index in [9.17, 15) is 9.59 Å². The van der Waals surface area contributed by atoms with Gasteiger partial charge in [0.2, 0.25) is 5.56 Å². The second-order valence-electron chi connectivity index (χ2n) is 4.67. The van der Waals surface area contributed by atoms with E-state index in [4.69, 9.17) is 5.11 Å². The largest absolute Gasteiger partial charge is 0.481 e. The summed E-state index contributed by atoms with van der Waals surface area (Å²) >= 11 is 0.